The second-order valence-corrected chi connectivity index (χ2v) is 5.18. The summed E-state index contributed by atoms with van der Waals surface area (Å²) in [6.45, 7) is 0. The van der Waals surface area contributed by atoms with E-state index >= 15 is 0 Å². The maximum Gasteiger partial charge on any atom is 0.252 e. The van der Waals surface area contributed by atoms with Crippen molar-refractivity contribution >= 4 is 17.5 Å². The maximum absolute atomic E-state index is 13.0. The van der Waals surface area contributed by atoms with Crippen LogP contribution in [0.15, 0.2) is 54.7 Å². The summed E-state index contributed by atoms with van der Waals surface area (Å²) in [7, 11) is 1.47. The predicted octanol–water partition coefficient (Wildman–Crippen LogP) is 3.13. The van der Waals surface area contributed by atoms with E-state index in [1.165, 1.54) is 19.2 Å². The van der Waals surface area contributed by atoms with Crippen molar-refractivity contribution in [2.24, 2.45) is 5.73 Å². The first kappa shape index (κ1) is 16.4. The summed E-state index contributed by atoms with van der Waals surface area (Å²) < 4.78 is 18.1. The molecule has 3 rings (SSSR count). The molecule has 1 heterocycles. The van der Waals surface area contributed by atoms with Crippen LogP contribution < -0.4 is 15.8 Å². The quantitative estimate of drug-likeness (QED) is 0.746. The fourth-order valence-electron chi connectivity index (χ4n) is 2.30. The topological polar surface area (TPSA) is 90.1 Å². The summed E-state index contributed by atoms with van der Waals surface area (Å²) >= 11 is 0. The van der Waals surface area contributed by atoms with Crippen LogP contribution >= 0.6 is 0 Å². The highest BCUT2D eigenvalue weighted by atomic mass is 19.1. The fourth-order valence-corrected chi connectivity index (χ4v) is 2.30. The Morgan fingerprint density at radius 3 is 2.60 bits per heavy atom. The lowest BCUT2D eigenvalue weighted by molar-refractivity contribution is 0.0997. The van der Waals surface area contributed by atoms with Crippen LogP contribution in [0.1, 0.15) is 10.4 Å². The van der Waals surface area contributed by atoms with E-state index in [0.29, 0.717) is 28.6 Å². The van der Waals surface area contributed by atoms with E-state index in [4.69, 9.17) is 10.5 Å². The fraction of sp³-hybridized carbons (Fsp3) is 0.0556. The van der Waals surface area contributed by atoms with E-state index in [9.17, 15) is 9.18 Å². The number of carbonyl (C=O) groups is 1. The Bertz CT molecular complexity index is 913. The number of ether oxygens (including phenoxy) is 1. The van der Waals surface area contributed by atoms with Crippen LogP contribution in [-0.4, -0.2) is 23.0 Å². The van der Waals surface area contributed by atoms with E-state index in [2.05, 4.69) is 15.3 Å². The third-order valence-electron chi connectivity index (χ3n) is 3.52. The van der Waals surface area contributed by atoms with Crippen molar-refractivity contribution in [2.45, 2.75) is 0 Å². The van der Waals surface area contributed by atoms with Crippen molar-refractivity contribution in [3.8, 4) is 17.0 Å². The molecule has 3 aromatic rings. The first-order chi connectivity index (χ1) is 12.1. The van der Waals surface area contributed by atoms with Gasteiger partial charge in [-0.1, -0.05) is 0 Å². The molecule has 3 N–H and O–H groups in total. The zero-order valence-corrected chi connectivity index (χ0v) is 13.4. The Morgan fingerprint density at radius 2 is 1.92 bits per heavy atom. The number of anilines is 2. The summed E-state index contributed by atoms with van der Waals surface area (Å²) in [6, 6.07) is 12.6. The lowest BCUT2D eigenvalue weighted by Crippen LogP contribution is -2.12. The number of hydrogen-bond acceptors (Lipinski definition) is 5. The number of nitrogens with zero attached hydrogens (tertiary/aromatic N) is 2. The first-order valence-corrected chi connectivity index (χ1v) is 7.40. The van der Waals surface area contributed by atoms with E-state index in [1.54, 1.807) is 42.6 Å². The first-order valence-electron chi connectivity index (χ1n) is 7.40. The molecule has 2 aromatic carbocycles. The van der Waals surface area contributed by atoms with Gasteiger partial charge in [-0.05, 0) is 48.5 Å². The largest absolute Gasteiger partial charge is 0.496 e. The van der Waals surface area contributed by atoms with Crippen molar-refractivity contribution in [2.75, 3.05) is 12.4 Å². The molecular weight excluding hydrogens is 323 g/mol. The van der Waals surface area contributed by atoms with Gasteiger partial charge in [-0.15, -0.1) is 0 Å². The van der Waals surface area contributed by atoms with Gasteiger partial charge >= 0.3 is 0 Å². The van der Waals surface area contributed by atoms with E-state index in [1.807, 2.05) is 0 Å². The standard InChI is InChI=1S/C18H15FN4O2/c1-25-16-7-2-11(10-14(16)17(20)24)15-8-9-21-18(23-15)22-13-5-3-12(19)4-6-13/h2-10H,1H3,(H2,20,24)(H,21,22,23). The lowest BCUT2D eigenvalue weighted by Gasteiger charge is -2.09. The predicted molar refractivity (Wildman–Crippen MR) is 92.2 cm³/mol. The zero-order chi connectivity index (χ0) is 17.8. The summed E-state index contributed by atoms with van der Waals surface area (Å²) in [5.74, 6) is -0.162. The van der Waals surface area contributed by atoms with E-state index in [-0.39, 0.29) is 11.4 Å². The molecule has 0 fully saturated rings. The molecule has 6 nitrogen and oxygen atoms in total. The Kier molecular flexibility index (Phi) is 4.56. The van der Waals surface area contributed by atoms with Crippen molar-refractivity contribution in [1.82, 2.24) is 9.97 Å². The van der Waals surface area contributed by atoms with Crippen LogP contribution in [0.5, 0.6) is 5.75 Å². The van der Waals surface area contributed by atoms with Gasteiger partial charge in [0, 0.05) is 17.4 Å². The third kappa shape index (κ3) is 3.72. The summed E-state index contributed by atoms with van der Waals surface area (Å²) in [4.78, 5) is 20.1. The van der Waals surface area contributed by atoms with Crippen LogP contribution in [-0.2, 0) is 0 Å². The summed E-state index contributed by atoms with van der Waals surface area (Å²) in [5.41, 5.74) is 7.61. The molecule has 25 heavy (non-hydrogen) atoms. The van der Waals surface area contributed by atoms with Crippen LogP contribution in [0.2, 0.25) is 0 Å². The number of carbonyl (C=O) groups excluding carboxylic acids is 1. The van der Waals surface area contributed by atoms with Gasteiger partial charge < -0.3 is 15.8 Å². The Hall–Kier alpha value is -3.48. The molecule has 1 amide bonds. The van der Waals surface area contributed by atoms with Gasteiger partial charge in [-0.3, -0.25) is 4.79 Å². The number of nitrogens with two attached hydrogens (primary N) is 1. The molecule has 0 radical (unpaired) electrons. The molecule has 0 atom stereocenters. The van der Waals surface area contributed by atoms with Gasteiger partial charge in [0.15, 0.2) is 0 Å². The van der Waals surface area contributed by atoms with Gasteiger partial charge in [-0.25, -0.2) is 14.4 Å². The third-order valence-corrected chi connectivity index (χ3v) is 3.52. The van der Waals surface area contributed by atoms with Gasteiger partial charge in [0.1, 0.15) is 11.6 Å². The molecule has 1 aromatic heterocycles. The van der Waals surface area contributed by atoms with E-state index in [0.717, 1.165) is 0 Å². The number of nitrogens with one attached hydrogen (secondary N) is 1. The Balaban J connectivity index is 1.92. The molecule has 0 aliphatic carbocycles. The van der Waals surface area contributed by atoms with Crippen LogP contribution in [0.3, 0.4) is 0 Å². The second kappa shape index (κ2) is 6.96. The number of hydrogen-bond donors (Lipinski definition) is 2. The molecule has 7 heteroatoms. The van der Waals surface area contributed by atoms with E-state index < -0.39 is 5.91 Å². The summed E-state index contributed by atoms with van der Waals surface area (Å²) in [6.07, 6.45) is 1.59. The molecule has 126 valence electrons. The number of amides is 1. The SMILES string of the molecule is COc1ccc(-c2ccnc(Nc3ccc(F)cc3)n2)cc1C(N)=O. The van der Waals surface area contributed by atoms with Gasteiger partial charge in [0.25, 0.3) is 5.91 Å². The van der Waals surface area contributed by atoms with Crippen molar-refractivity contribution in [3.05, 3.63) is 66.1 Å². The number of rotatable bonds is 5. The molecule has 0 saturated carbocycles. The minimum Gasteiger partial charge on any atom is -0.496 e. The van der Waals surface area contributed by atoms with Gasteiger partial charge in [0.2, 0.25) is 5.95 Å². The average molecular weight is 338 g/mol. The molecule has 0 unspecified atom stereocenters. The number of methoxy groups -OCH3 is 1. The number of aromatic nitrogens is 2. The molecule has 0 aliphatic rings. The Labute approximate surface area is 143 Å². The van der Waals surface area contributed by atoms with Crippen LogP contribution in [0, 0.1) is 5.82 Å². The number of primary amides is 1. The molecular formula is C18H15FN4O2. The van der Waals surface area contributed by atoms with Crippen molar-refractivity contribution in [1.29, 1.82) is 0 Å². The Morgan fingerprint density at radius 1 is 1.16 bits per heavy atom. The van der Waals surface area contributed by atoms with Crippen molar-refractivity contribution < 1.29 is 13.9 Å². The number of benzene rings is 2. The highest BCUT2D eigenvalue weighted by Gasteiger charge is 2.12. The smallest absolute Gasteiger partial charge is 0.252 e. The maximum atomic E-state index is 13.0. The highest BCUT2D eigenvalue weighted by molar-refractivity contribution is 5.97. The molecule has 0 bridgehead atoms. The van der Waals surface area contributed by atoms with Gasteiger partial charge in [0.05, 0.1) is 18.4 Å². The number of halogens is 1. The van der Waals surface area contributed by atoms with Crippen LogP contribution in [0.25, 0.3) is 11.3 Å². The minimum absolute atomic E-state index is 0.270. The summed E-state index contributed by atoms with van der Waals surface area (Å²) in [5, 5.41) is 3.00. The van der Waals surface area contributed by atoms with Crippen LogP contribution in [0.4, 0.5) is 16.0 Å². The van der Waals surface area contributed by atoms with Gasteiger partial charge in [-0.2, -0.15) is 0 Å². The molecule has 0 aliphatic heterocycles. The normalized spacial score (nSPS) is 10.3. The monoisotopic (exact) mass is 338 g/mol. The molecule has 0 spiro atoms. The average Bonchev–Trinajstić information content (AvgIpc) is 2.63. The molecule has 0 saturated heterocycles. The lowest BCUT2D eigenvalue weighted by atomic mass is 10.1. The zero-order valence-electron chi connectivity index (χ0n) is 13.4. The van der Waals surface area contributed by atoms with Crippen molar-refractivity contribution in [3.63, 3.8) is 0 Å². The minimum atomic E-state index is -0.586. The second-order valence-electron chi connectivity index (χ2n) is 5.18. The highest BCUT2D eigenvalue weighted by Crippen LogP contribution is 2.26.